The van der Waals surface area contributed by atoms with Gasteiger partial charge in [-0.1, -0.05) is 48.0 Å². The predicted octanol–water partition coefficient (Wildman–Crippen LogP) is 3.89. The fourth-order valence-electron chi connectivity index (χ4n) is 3.74. The lowest BCUT2D eigenvalue weighted by Gasteiger charge is -2.35. The van der Waals surface area contributed by atoms with Gasteiger partial charge in [-0.25, -0.2) is 4.98 Å². The molecule has 1 unspecified atom stereocenters. The van der Waals surface area contributed by atoms with Gasteiger partial charge in [0.15, 0.2) is 0 Å². The normalized spacial score (nSPS) is 16.0. The molecule has 1 aliphatic heterocycles. The van der Waals surface area contributed by atoms with Gasteiger partial charge in [-0.3, -0.25) is 9.69 Å². The number of nitrogens with zero attached hydrogens (tertiary/aromatic N) is 3. The molecule has 4 rings (SSSR count). The van der Waals surface area contributed by atoms with Crippen molar-refractivity contribution in [3.8, 4) is 0 Å². The van der Waals surface area contributed by atoms with E-state index in [9.17, 15) is 4.79 Å². The number of fused-ring (bicyclic) bond motifs is 1. The molecule has 2 heterocycles. The van der Waals surface area contributed by atoms with Crippen LogP contribution in [-0.4, -0.2) is 48.5 Å². The van der Waals surface area contributed by atoms with Gasteiger partial charge in [0.25, 0.3) is 0 Å². The van der Waals surface area contributed by atoms with E-state index in [4.69, 9.17) is 11.6 Å². The van der Waals surface area contributed by atoms with E-state index in [1.807, 2.05) is 31.2 Å². The van der Waals surface area contributed by atoms with Gasteiger partial charge in [-0.2, -0.15) is 0 Å². The molecular weight excluding hydrogens is 384 g/mol. The van der Waals surface area contributed by atoms with Crippen LogP contribution in [-0.2, 0) is 4.79 Å². The second-order valence-corrected chi connectivity index (χ2v) is 7.93. The summed E-state index contributed by atoms with van der Waals surface area (Å²) in [5, 5.41) is 6.18. The fourth-order valence-corrected chi connectivity index (χ4v) is 3.85. The summed E-state index contributed by atoms with van der Waals surface area (Å²) in [4.78, 5) is 21.3. The van der Waals surface area contributed by atoms with Crippen LogP contribution in [0.2, 0.25) is 5.02 Å². The molecule has 0 aliphatic carbocycles. The third-order valence-corrected chi connectivity index (χ3v) is 5.65. The average molecular weight is 409 g/mol. The van der Waals surface area contributed by atoms with Gasteiger partial charge in [0, 0.05) is 32.4 Å². The molecule has 1 saturated heterocycles. The van der Waals surface area contributed by atoms with Crippen molar-refractivity contribution in [1.29, 1.82) is 0 Å². The number of aromatic nitrogens is 1. The SMILES string of the molecule is CC(NC(=O)CN1CCN(c2ccc(Cl)cn2)CC1)c1ccc2ccccc2c1. The summed E-state index contributed by atoms with van der Waals surface area (Å²) in [5.41, 5.74) is 1.12. The Bertz CT molecular complexity index is 984. The second kappa shape index (κ2) is 8.80. The molecule has 1 atom stereocenters. The van der Waals surface area contributed by atoms with E-state index in [0.717, 1.165) is 37.6 Å². The van der Waals surface area contributed by atoms with Crippen molar-refractivity contribution in [3.05, 3.63) is 71.4 Å². The third-order valence-electron chi connectivity index (χ3n) is 5.43. The van der Waals surface area contributed by atoms with Crippen LogP contribution in [0.15, 0.2) is 60.8 Å². The number of hydrogen-bond acceptors (Lipinski definition) is 4. The highest BCUT2D eigenvalue weighted by atomic mass is 35.5. The smallest absolute Gasteiger partial charge is 0.234 e. The number of pyridine rings is 1. The molecule has 1 fully saturated rings. The number of piperazine rings is 1. The van der Waals surface area contributed by atoms with Gasteiger partial charge in [0.2, 0.25) is 5.91 Å². The van der Waals surface area contributed by atoms with Crippen LogP contribution in [0.5, 0.6) is 0 Å². The molecular formula is C23H25ClN4O. The molecule has 0 saturated carbocycles. The van der Waals surface area contributed by atoms with Gasteiger partial charge in [-0.15, -0.1) is 0 Å². The van der Waals surface area contributed by atoms with E-state index in [1.165, 1.54) is 10.8 Å². The Hall–Kier alpha value is -2.63. The van der Waals surface area contributed by atoms with Gasteiger partial charge in [0.1, 0.15) is 5.82 Å². The molecule has 150 valence electrons. The minimum atomic E-state index is -0.0216. The summed E-state index contributed by atoms with van der Waals surface area (Å²) in [6, 6.07) is 18.4. The van der Waals surface area contributed by atoms with Crippen LogP contribution in [0.25, 0.3) is 10.8 Å². The van der Waals surface area contributed by atoms with Crippen LogP contribution in [0.4, 0.5) is 5.82 Å². The predicted molar refractivity (Wildman–Crippen MR) is 118 cm³/mol. The minimum absolute atomic E-state index is 0.0216. The van der Waals surface area contributed by atoms with E-state index in [-0.39, 0.29) is 11.9 Å². The van der Waals surface area contributed by atoms with Gasteiger partial charge >= 0.3 is 0 Å². The van der Waals surface area contributed by atoms with Crippen LogP contribution >= 0.6 is 11.6 Å². The monoisotopic (exact) mass is 408 g/mol. The van der Waals surface area contributed by atoms with Crippen LogP contribution in [0, 0.1) is 0 Å². The Morgan fingerprint density at radius 1 is 1.07 bits per heavy atom. The number of nitrogens with one attached hydrogen (secondary N) is 1. The molecule has 29 heavy (non-hydrogen) atoms. The highest BCUT2D eigenvalue weighted by molar-refractivity contribution is 6.30. The summed E-state index contributed by atoms with van der Waals surface area (Å²) in [7, 11) is 0. The summed E-state index contributed by atoms with van der Waals surface area (Å²) < 4.78 is 0. The number of amides is 1. The first-order valence-corrected chi connectivity index (χ1v) is 10.3. The standard InChI is InChI=1S/C23H25ClN4O/c1-17(19-7-6-18-4-2-3-5-20(18)14-19)26-23(29)16-27-10-12-28(13-11-27)22-9-8-21(24)15-25-22/h2-9,14-15,17H,10-13,16H2,1H3,(H,26,29). The lowest BCUT2D eigenvalue weighted by atomic mass is 10.0. The quantitative estimate of drug-likeness (QED) is 0.695. The first-order valence-electron chi connectivity index (χ1n) is 9.95. The summed E-state index contributed by atoms with van der Waals surface area (Å²) >= 11 is 5.91. The van der Waals surface area contributed by atoms with E-state index in [1.54, 1.807) is 6.20 Å². The van der Waals surface area contributed by atoms with Crippen molar-refractivity contribution >= 4 is 34.1 Å². The number of benzene rings is 2. The van der Waals surface area contributed by atoms with Gasteiger partial charge in [-0.05, 0) is 41.5 Å². The number of hydrogen-bond donors (Lipinski definition) is 1. The molecule has 2 aromatic carbocycles. The van der Waals surface area contributed by atoms with Crippen LogP contribution < -0.4 is 10.2 Å². The van der Waals surface area contributed by atoms with Gasteiger partial charge in [0.05, 0.1) is 17.6 Å². The number of halogens is 1. The zero-order valence-electron chi connectivity index (χ0n) is 16.5. The summed E-state index contributed by atoms with van der Waals surface area (Å²) in [6.45, 7) is 5.82. The van der Waals surface area contributed by atoms with Crippen LogP contribution in [0.1, 0.15) is 18.5 Å². The topological polar surface area (TPSA) is 48.5 Å². The highest BCUT2D eigenvalue weighted by Gasteiger charge is 2.20. The average Bonchev–Trinajstić information content (AvgIpc) is 2.74. The highest BCUT2D eigenvalue weighted by Crippen LogP contribution is 2.20. The largest absolute Gasteiger partial charge is 0.354 e. The van der Waals surface area contributed by atoms with Crippen molar-refractivity contribution in [2.45, 2.75) is 13.0 Å². The third kappa shape index (κ3) is 4.86. The molecule has 0 spiro atoms. The number of carbonyl (C=O) groups is 1. The summed E-state index contributed by atoms with van der Waals surface area (Å²) in [6.07, 6.45) is 1.67. The molecule has 1 N–H and O–H groups in total. The molecule has 1 aliphatic rings. The van der Waals surface area contributed by atoms with E-state index < -0.39 is 0 Å². The minimum Gasteiger partial charge on any atom is -0.354 e. The van der Waals surface area contributed by atoms with Crippen molar-refractivity contribution < 1.29 is 4.79 Å². The van der Waals surface area contributed by atoms with Crippen molar-refractivity contribution in [1.82, 2.24) is 15.2 Å². The number of anilines is 1. The van der Waals surface area contributed by atoms with Crippen molar-refractivity contribution in [2.24, 2.45) is 0 Å². The van der Waals surface area contributed by atoms with Crippen molar-refractivity contribution in [3.63, 3.8) is 0 Å². The Kier molecular flexibility index (Phi) is 5.97. The maximum atomic E-state index is 12.6. The molecule has 0 bridgehead atoms. The van der Waals surface area contributed by atoms with Crippen LogP contribution in [0.3, 0.4) is 0 Å². The zero-order chi connectivity index (χ0) is 20.2. The lowest BCUT2D eigenvalue weighted by molar-refractivity contribution is -0.123. The molecule has 6 heteroatoms. The van der Waals surface area contributed by atoms with E-state index in [2.05, 4.69) is 50.4 Å². The summed E-state index contributed by atoms with van der Waals surface area (Å²) in [5.74, 6) is 0.993. The molecule has 1 aromatic heterocycles. The van der Waals surface area contributed by atoms with E-state index in [0.29, 0.717) is 11.6 Å². The van der Waals surface area contributed by atoms with Crippen molar-refractivity contribution in [2.75, 3.05) is 37.6 Å². The Morgan fingerprint density at radius 3 is 2.55 bits per heavy atom. The molecule has 0 radical (unpaired) electrons. The van der Waals surface area contributed by atoms with Gasteiger partial charge < -0.3 is 10.2 Å². The van der Waals surface area contributed by atoms with E-state index >= 15 is 0 Å². The maximum absolute atomic E-state index is 12.6. The fraction of sp³-hybridized carbons (Fsp3) is 0.304. The Balaban J connectivity index is 1.28. The lowest BCUT2D eigenvalue weighted by Crippen LogP contribution is -2.49. The zero-order valence-corrected chi connectivity index (χ0v) is 17.3. The number of carbonyl (C=O) groups excluding carboxylic acids is 1. The first-order chi connectivity index (χ1) is 14.1. The number of rotatable bonds is 5. The molecule has 5 nitrogen and oxygen atoms in total. The second-order valence-electron chi connectivity index (χ2n) is 7.49. The Morgan fingerprint density at radius 2 is 1.83 bits per heavy atom. The molecule has 3 aromatic rings. The first kappa shape index (κ1) is 19.7. The maximum Gasteiger partial charge on any atom is 0.234 e. The molecule has 1 amide bonds. The Labute approximate surface area is 176 Å².